The number of hydrogen-bond donors (Lipinski definition) is 1. The maximum absolute atomic E-state index is 5.61. The molecule has 2 saturated heterocycles. The summed E-state index contributed by atoms with van der Waals surface area (Å²) >= 11 is 0. The van der Waals surface area contributed by atoms with Crippen LogP contribution in [0, 0.1) is 5.92 Å². The van der Waals surface area contributed by atoms with Crippen LogP contribution in [-0.2, 0) is 11.3 Å². The van der Waals surface area contributed by atoms with Gasteiger partial charge in [-0.1, -0.05) is 37.3 Å². The SMILES string of the molecule is CC1CCOCC1NC1CCN(Cc2ccccc2)C1. The van der Waals surface area contributed by atoms with Gasteiger partial charge in [0, 0.05) is 38.3 Å². The van der Waals surface area contributed by atoms with E-state index in [2.05, 4.69) is 47.5 Å². The Bertz CT molecular complexity index is 409. The van der Waals surface area contributed by atoms with Crippen LogP contribution >= 0.6 is 0 Å². The highest BCUT2D eigenvalue weighted by atomic mass is 16.5. The largest absolute Gasteiger partial charge is 0.380 e. The average Bonchev–Trinajstić information content (AvgIpc) is 2.90. The fourth-order valence-corrected chi connectivity index (χ4v) is 3.31. The van der Waals surface area contributed by atoms with E-state index in [0.29, 0.717) is 12.1 Å². The third kappa shape index (κ3) is 3.60. The molecule has 2 aliphatic heterocycles. The highest BCUT2D eigenvalue weighted by Crippen LogP contribution is 2.19. The molecule has 0 bridgehead atoms. The molecule has 2 fully saturated rings. The zero-order chi connectivity index (χ0) is 13.8. The van der Waals surface area contributed by atoms with Crippen molar-refractivity contribution in [1.29, 1.82) is 0 Å². The second-order valence-corrected chi connectivity index (χ2v) is 6.32. The van der Waals surface area contributed by atoms with Gasteiger partial charge in [-0.15, -0.1) is 0 Å². The van der Waals surface area contributed by atoms with Gasteiger partial charge in [0.2, 0.25) is 0 Å². The van der Waals surface area contributed by atoms with Crippen LogP contribution < -0.4 is 5.32 Å². The van der Waals surface area contributed by atoms with Crippen LogP contribution in [-0.4, -0.2) is 43.3 Å². The van der Waals surface area contributed by atoms with E-state index in [1.165, 1.54) is 24.9 Å². The fraction of sp³-hybridized carbons (Fsp3) is 0.647. The number of hydrogen-bond acceptors (Lipinski definition) is 3. The number of nitrogens with zero attached hydrogens (tertiary/aromatic N) is 1. The minimum atomic E-state index is 0.547. The molecule has 3 unspecified atom stereocenters. The molecule has 3 nitrogen and oxygen atoms in total. The van der Waals surface area contributed by atoms with Crippen molar-refractivity contribution in [3.63, 3.8) is 0 Å². The number of benzene rings is 1. The van der Waals surface area contributed by atoms with E-state index in [-0.39, 0.29) is 0 Å². The van der Waals surface area contributed by atoms with Gasteiger partial charge < -0.3 is 10.1 Å². The summed E-state index contributed by atoms with van der Waals surface area (Å²) < 4.78 is 5.61. The minimum absolute atomic E-state index is 0.547. The smallest absolute Gasteiger partial charge is 0.0622 e. The Kier molecular flexibility index (Phi) is 4.71. The normalized spacial score (nSPS) is 31.6. The summed E-state index contributed by atoms with van der Waals surface area (Å²) in [5.74, 6) is 0.743. The van der Waals surface area contributed by atoms with E-state index in [9.17, 15) is 0 Å². The van der Waals surface area contributed by atoms with Gasteiger partial charge in [-0.05, 0) is 24.3 Å². The Morgan fingerprint density at radius 3 is 2.90 bits per heavy atom. The van der Waals surface area contributed by atoms with Gasteiger partial charge in [0.25, 0.3) is 0 Å². The van der Waals surface area contributed by atoms with E-state index in [1.54, 1.807) is 0 Å². The van der Waals surface area contributed by atoms with Crippen LogP contribution in [0.3, 0.4) is 0 Å². The van der Waals surface area contributed by atoms with Crippen molar-refractivity contribution in [2.75, 3.05) is 26.3 Å². The van der Waals surface area contributed by atoms with Crippen LogP contribution in [0.5, 0.6) is 0 Å². The molecule has 3 heteroatoms. The van der Waals surface area contributed by atoms with Gasteiger partial charge in [-0.3, -0.25) is 4.90 Å². The van der Waals surface area contributed by atoms with Gasteiger partial charge in [0.05, 0.1) is 6.61 Å². The monoisotopic (exact) mass is 274 g/mol. The first-order valence-corrected chi connectivity index (χ1v) is 7.91. The number of rotatable bonds is 4. The molecule has 3 atom stereocenters. The van der Waals surface area contributed by atoms with Crippen molar-refractivity contribution in [2.24, 2.45) is 5.92 Å². The quantitative estimate of drug-likeness (QED) is 0.911. The summed E-state index contributed by atoms with van der Waals surface area (Å²) in [7, 11) is 0. The van der Waals surface area contributed by atoms with Crippen molar-refractivity contribution >= 4 is 0 Å². The molecule has 1 N–H and O–H groups in total. The topological polar surface area (TPSA) is 24.5 Å². The summed E-state index contributed by atoms with van der Waals surface area (Å²) in [6.45, 7) is 7.61. The molecular weight excluding hydrogens is 248 g/mol. The number of nitrogens with one attached hydrogen (secondary N) is 1. The highest BCUT2D eigenvalue weighted by molar-refractivity contribution is 5.14. The third-order valence-corrected chi connectivity index (χ3v) is 4.67. The van der Waals surface area contributed by atoms with E-state index in [4.69, 9.17) is 4.74 Å². The van der Waals surface area contributed by atoms with E-state index in [0.717, 1.165) is 32.2 Å². The lowest BCUT2D eigenvalue weighted by Gasteiger charge is -2.32. The van der Waals surface area contributed by atoms with Gasteiger partial charge in [-0.2, -0.15) is 0 Å². The zero-order valence-corrected chi connectivity index (χ0v) is 12.4. The first-order valence-electron chi connectivity index (χ1n) is 7.91. The molecule has 0 spiro atoms. The molecule has 0 amide bonds. The van der Waals surface area contributed by atoms with Crippen molar-refractivity contribution in [3.05, 3.63) is 35.9 Å². The second kappa shape index (κ2) is 6.70. The average molecular weight is 274 g/mol. The van der Waals surface area contributed by atoms with Crippen LogP contribution in [0.4, 0.5) is 0 Å². The molecule has 2 heterocycles. The van der Waals surface area contributed by atoms with Gasteiger partial charge >= 0.3 is 0 Å². The third-order valence-electron chi connectivity index (χ3n) is 4.67. The van der Waals surface area contributed by atoms with Gasteiger partial charge in [0.15, 0.2) is 0 Å². The summed E-state index contributed by atoms with van der Waals surface area (Å²) in [6, 6.07) is 12.0. The first kappa shape index (κ1) is 14.1. The van der Waals surface area contributed by atoms with Crippen LogP contribution in [0.15, 0.2) is 30.3 Å². The van der Waals surface area contributed by atoms with Crippen molar-refractivity contribution in [1.82, 2.24) is 10.2 Å². The maximum atomic E-state index is 5.61. The predicted octanol–water partition coefficient (Wildman–Crippen LogP) is 2.28. The molecule has 1 aromatic rings. The molecule has 1 aromatic carbocycles. The van der Waals surface area contributed by atoms with E-state index in [1.807, 2.05) is 0 Å². The van der Waals surface area contributed by atoms with Crippen LogP contribution in [0.2, 0.25) is 0 Å². The Balaban J connectivity index is 1.47. The highest BCUT2D eigenvalue weighted by Gasteiger charge is 2.28. The van der Waals surface area contributed by atoms with E-state index < -0.39 is 0 Å². The van der Waals surface area contributed by atoms with Crippen LogP contribution in [0.25, 0.3) is 0 Å². The van der Waals surface area contributed by atoms with Gasteiger partial charge in [0.1, 0.15) is 0 Å². The van der Waals surface area contributed by atoms with Crippen LogP contribution in [0.1, 0.15) is 25.3 Å². The zero-order valence-electron chi connectivity index (χ0n) is 12.4. The Labute approximate surface area is 122 Å². The second-order valence-electron chi connectivity index (χ2n) is 6.32. The molecule has 0 saturated carbocycles. The Hall–Kier alpha value is -0.900. The standard InChI is InChI=1S/C17H26N2O/c1-14-8-10-20-13-17(14)18-16-7-9-19(12-16)11-15-5-3-2-4-6-15/h2-6,14,16-18H,7-13H2,1H3. The summed E-state index contributed by atoms with van der Waals surface area (Å²) in [6.07, 6.45) is 2.45. The predicted molar refractivity (Wildman–Crippen MR) is 81.6 cm³/mol. The maximum Gasteiger partial charge on any atom is 0.0622 e. The lowest BCUT2D eigenvalue weighted by molar-refractivity contribution is 0.0375. The van der Waals surface area contributed by atoms with E-state index >= 15 is 0 Å². The van der Waals surface area contributed by atoms with Crippen molar-refractivity contribution in [2.45, 2.75) is 38.4 Å². The van der Waals surface area contributed by atoms with Gasteiger partial charge in [-0.25, -0.2) is 0 Å². The molecule has 20 heavy (non-hydrogen) atoms. The van der Waals surface area contributed by atoms with Crippen molar-refractivity contribution in [3.8, 4) is 0 Å². The molecule has 0 aliphatic carbocycles. The molecule has 2 aliphatic rings. The molecule has 3 rings (SSSR count). The fourth-order valence-electron chi connectivity index (χ4n) is 3.31. The first-order chi connectivity index (χ1) is 9.81. The Morgan fingerprint density at radius 1 is 1.25 bits per heavy atom. The lowest BCUT2D eigenvalue weighted by atomic mass is 9.96. The van der Waals surface area contributed by atoms with Crippen molar-refractivity contribution < 1.29 is 4.74 Å². The minimum Gasteiger partial charge on any atom is -0.380 e. The number of likely N-dealkylation sites (tertiary alicyclic amines) is 1. The number of ether oxygens (including phenoxy) is 1. The summed E-state index contributed by atoms with van der Waals surface area (Å²) in [5.41, 5.74) is 1.42. The molecule has 0 aromatic heterocycles. The summed E-state index contributed by atoms with van der Waals surface area (Å²) in [4.78, 5) is 2.56. The Morgan fingerprint density at radius 2 is 2.10 bits per heavy atom. The lowest BCUT2D eigenvalue weighted by Crippen LogP contribution is -2.48. The summed E-state index contributed by atoms with van der Waals surface area (Å²) in [5, 5.41) is 3.82. The molecular formula is C17H26N2O. The molecule has 0 radical (unpaired) electrons. The molecule has 110 valence electrons.